The number of rotatable bonds is 2. The standard InChI is InChI=1S/C17H20N2O2/c1-17(2)9-5-11-19(14(17)16(20)21)15-13-7-4-3-6-12(13)8-10-18-15/h3-4,6-8,10,14H,5,9,11H2,1-2H3,(H,20,21). The molecule has 1 saturated heterocycles. The highest BCUT2D eigenvalue weighted by molar-refractivity contribution is 5.94. The molecule has 1 atom stereocenters. The lowest BCUT2D eigenvalue weighted by Gasteiger charge is -2.44. The molecular weight excluding hydrogens is 264 g/mol. The number of hydrogen-bond donors (Lipinski definition) is 1. The third kappa shape index (κ3) is 2.35. The van der Waals surface area contributed by atoms with Gasteiger partial charge in [0.05, 0.1) is 0 Å². The van der Waals surface area contributed by atoms with Crippen LogP contribution in [0.2, 0.25) is 0 Å². The first kappa shape index (κ1) is 13.9. The van der Waals surface area contributed by atoms with Crippen LogP contribution in [0.5, 0.6) is 0 Å². The Morgan fingerprint density at radius 2 is 2.10 bits per heavy atom. The van der Waals surface area contributed by atoms with E-state index in [0.717, 1.165) is 36.0 Å². The lowest BCUT2D eigenvalue weighted by molar-refractivity contribution is -0.142. The van der Waals surface area contributed by atoms with Crippen molar-refractivity contribution in [2.24, 2.45) is 5.41 Å². The maximum Gasteiger partial charge on any atom is 0.326 e. The second kappa shape index (κ2) is 5.02. The Morgan fingerprint density at radius 1 is 1.33 bits per heavy atom. The molecular formula is C17H20N2O2. The fraction of sp³-hybridized carbons (Fsp3) is 0.412. The average molecular weight is 284 g/mol. The van der Waals surface area contributed by atoms with Gasteiger partial charge in [-0.2, -0.15) is 0 Å². The second-order valence-corrected chi connectivity index (χ2v) is 6.38. The highest BCUT2D eigenvalue weighted by atomic mass is 16.4. The van der Waals surface area contributed by atoms with Crippen LogP contribution in [0.15, 0.2) is 36.5 Å². The van der Waals surface area contributed by atoms with E-state index in [9.17, 15) is 9.90 Å². The number of benzene rings is 1. The molecule has 21 heavy (non-hydrogen) atoms. The van der Waals surface area contributed by atoms with Crippen molar-refractivity contribution in [3.8, 4) is 0 Å². The number of nitrogens with zero attached hydrogens (tertiary/aromatic N) is 2. The maximum atomic E-state index is 11.8. The zero-order chi connectivity index (χ0) is 15.0. The van der Waals surface area contributed by atoms with Crippen molar-refractivity contribution in [2.75, 3.05) is 11.4 Å². The van der Waals surface area contributed by atoms with E-state index in [0.29, 0.717) is 0 Å². The summed E-state index contributed by atoms with van der Waals surface area (Å²) >= 11 is 0. The van der Waals surface area contributed by atoms with Gasteiger partial charge in [-0.25, -0.2) is 9.78 Å². The average Bonchev–Trinajstić information content (AvgIpc) is 2.45. The molecule has 0 aliphatic carbocycles. The lowest BCUT2D eigenvalue weighted by Crippen LogP contribution is -2.54. The van der Waals surface area contributed by atoms with Crippen molar-refractivity contribution in [1.82, 2.24) is 4.98 Å². The number of anilines is 1. The quantitative estimate of drug-likeness (QED) is 0.919. The lowest BCUT2D eigenvalue weighted by atomic mass is 9.76. The second-order valence-electron chi connectivity index (χ2n) is 6.38. The van der Waals surface area contributed by atoms with E-state index in [-0.39, 0.29) is 5.41 Å². The molecule has 0 amide bonds. The van der Waals surface area contributed by atoms with Crippen LogP contribution in [0.25, 0.3) is 10.8 Å². The van der Waals surface area contributed by atoms with Gasteiger partial charge in [0, 0.05) is 18.1 Å². The summed E-state index contributed by atoms with van der Waals surface area (Å²) < 4.78 is 0. The normalized spacial score (nSPS) is 21.4. The summed E-state index contributed by atoms with van der Waals surface area (Å²) in [5.41, 5.74) is -0.261. The number of aromatic nitrogens is 1. The van der Waals surface area contributed by atoms with E-state index < -0.39 is 12.0 Å². The first-order valence-corrected chi connectivity index (χ1v) is 7.34. The number of carboxylic acids is 1. The number of hydrogen-bond acceptors (Lipinski definition) is 3. The predicted octanol–water partition coefficient (Wildman–Crippen LogP) is 3.31. The van der Waals surface area contributed by atoms with Crippen LogP contribution in [0, 0.1) is 5.41 Å². The zero-order valence-electron chi connectivity index (χ0n) is 12.4. The number of carboxylic acid groups (broad SMARTS) is 1. The van der Waals surface area contributed by atoms with E-state index in [4.69, 9.17) is 0 Å². The van der Waals surface area contributed by atoms with Crippen molar-refractivity contribution >= 4 is 22.6 Å². The number of piperidine rings is 1. The van der Waals surface area contributed by atoms with Gasteiger partial charge in [0.15, 0.2) is 0 Å². The molecule has 1 aromatic carbocycles. The topological polar surface area (TPSA) is 53.4 Å². The van der Waals surface area contributed by atoms with Gasteiger partial charge in [-0.3, -0.25) is 0 Å². The maximum absolute atomic E-state index is 11.8. The van der Waals surface area contributed by atoms with E-state index in [1.807, 2.05) is 49.1 Å². The summed E-state index contributed by atoms with van der Waals surface area (Å²) in [6.45, 7) is 4.80. The van der Waals surface area contributed by atoms with E-state index in [1.165, 1.54) is 0 Å². The molecule has 1 aromatic heterocycles. The molecule has 4 nitrogen and oxygen atoms in total. The van der Waals surface area contributed by atoms with Crippen molar-refractivity contribution in [1.29, 1.82) is 0 Å². The number of pyridine rings is 1. The van der Waals surface area contributed by atoms with E-state index in [2.05, 4.69) is 4.98 Å². The van der Waals surface area contributed by atoms with Crippen LogP contribution >= 0.6 is 0 Å². The minimum atomic E-state index is -0.769. The third-order valence-electron chi connectivity index (χ3n) is 4.43. The van der Waals surface area contributed by atoms with Crippen LogP contribution in [0.4, 0.5) is 5.82 Å². The van der Waals surface area contributed by atoms with Crippen LogP contribution in [-0.2, 0) is 4.79 Å². The van der Waals surface area contributed by atoms with Gasteiger partial charge >= 0.3 is 5.97 Å². The Hall–Kier alpha value is -2.10. The molecule has 0 spiro atoms. The summed E-state index contributed by atoms with van der Waals surface area (Å²) in [5, 5.41) is 11.8. The highest BCUT2D eigenvalue weighted by Crippen LogP contribution is 2.39. The predicted molar refractivity (Wildman–Crippen MR) is 83.5 cm³/mol. The molecule has 0 bridgehead atoms. The first-order valence-electron chi connectivity index (χ1n) is 7.34. The summed E-state index contributed by atoms with van der Waals surface area (Å²) in [7, 11) is 0. The zero-order valence-corrected chi connectivity index (χ0v) is 12.4. The molecule has 1 aliphatic rings. The smallest absolute Gasteiger partial charge is 0.326 e. The van der Waals surface area contributed by atoms with E-state index >= 15 is 0 Å². The third-order valence-corrected chi connectivity index (χ3v) is 4.43. The van der Waals surface area contributed by atoms with Crippen molar-refractivity contribution in [3.05, 3.63) is 36.5 Å². The Kier molecular flexibility index (Phi) is 3.32. The minimum Gasteiger partial charge on any atom is -0.480 e. The molecule has 1 fully saturated rings. The number of aliphatic carboxylic acids is 1. The van der Waals surface area contributed by atoms with Crippen molar-refractivity contribution in [3.63, 3.8) is 0 Å². The summed E-state index contributed by atoms with van der Waals surface area (Å²) in [6, 6.07) is 9.43. The Morgan fingerprint density at radius 3 is 2.86 bits per heavy atom. The number of carbonyl (C=O) groups is 1. The van der Waals surface area contributed by atoms with Gasteiger partial charge < -0.3 is 10.0 Å². The van der Waals surface area contributed by atoms with E-state index in [1.54, 1.807) is 6.20 Å². The number of fused-ring (bicyclic) bond motifs is 1. The largest absolute Gasteiger partial charge is 0.480 e. The summed E-state index contributed by atoms with van der Waals surface area (Å²) in [4.78, 5) is 18.3. The van der Waals surface area contributed by atoms with Crippen molar-refractivity contribution < 1.29 is 9.90 Å². The van der Waals surface area contributed by atoms with Crippen molar-refractivity contribution in [2.45, 2.75) is 32.7 Å². The summed E-state index contributed by atoms with van der Waals surface area (Å²) in [5.74, 6) is 0.0164. The Bertz CT molecular complexity index is 676. The Labute approximate surface area is 124 Å². The van der Waals surface area contributed by atoms with Gasteiger partial charge in [0.1, 0.15) is 11.9 Å². The fourth-order valence-corrected chi connectivity index (χ4v) is 3.42. The molecule has 4 heteroatoms. The van der Waals surface area contributed by atoms with Crippen LogP contribution < -0.4 is 4.90 Å². The van der Waals surface area contributed by atoms with Crippen LogP contribution in [0.3, 0.4) is 0 Å². The molecule has 110 valence electrons. The van der Waals surface area contributed by atoms with Crippen LogP contribution in [-0.4, -0.2) is 28.6 Å². The highest BCUT2D eigenvalue weighted by Gasteiger charge is 2.43. The van der Waals surface area contributed by atoms with Crippen LogP contribution in [0.1, 0.15) is 26.7 Å². The SMILES string of the molecule is CC1(C)CCCN(c2nccc3ccccc23)C1C(=O)O. The fourth-order valence-electron chi connectivity index (χ4n) is 3.42. The van der Waals surface area contributed by atoms with Gasteiger partial charge in [0.25, 0.3) is 0 Å². The van der Waals surface area contributed by atoms with Gasteiger partial charge in [-0.05, 0) is 29.7 Å². The molecule has 0 radical (unpaired) electrons. The van der Waals surface area contributed by atoms with Gasteiger partial charge in [0.2, 0.25) is 0 Å². The first-order chi connectivity index (χ1) is 10.0. The molecule has 3 rings (SSSR count). The minimum absolute atomic E-state index is 0.261. The summed E-state index contributed by atoms with van der Waals surface area (Å²) in [6.07, 6.45) is 3.67. The monoisotopic (exact) mass is 284 g/mol. The van der Waals surface area contributed by atoms with Gasteiger partial charge in [-0.1, -0.05) is 38.1 Å². The Balaban J connectivity index is 2.14. The molecule has 2 heterocycles. The molecule has 2 aromatic rings. The van der Waals surface area contributed by atoms with Gasteiger partial charge in [-0.15, -0.1) is 0 Å². The molecule has 1 N–H and O–H groups in total. The molecule has 1 unspecified atom stereocenters. The molecule has 0 saturated carbocycles. The molecule has 1 aliphatic heterocycles.